The highest BCUT2D eigenvalue weighted by Crippen LogP contribution is 2.37. The topological polar surface area (TPSA) is 115 Å². The number of pyridine rings is 1. The van der Waals surface area contributed by atoms with Gasteiger partial charge in [0.1, 0.15) is 0 Å². The van der Waals surface area contributed by atoms with Crippen molar-refractivity contribution in [1.29, 1.82) is 0 Å². The SMILES string of the molecule is Cc1nn(-c2ccc(C(N)=O)c(Nc3ccc(=O)n(CCCN(C)C)c3)c2)c2c1C(=O)CC(C)(C)C2. The molecule has 0 spiro atoms. The molecule has 0 unspecified atom stereocenters. The first-order chi connectivity index (χ1) is 16.9. The average Bonchev–Trinajstić information content (AvgIpc) is 3.10. The van der Waals surface area contributed by atoms with Crippen LogP contribution in [-0.4, -0.2) is 51.6 Å². The molecule has 0 fully saturated rings. The lowest BCUT2D eigenvalue weighted by Crippen LogP contribution is -2.28. The Balaban J connectivity index is 1.71. The van der Waals surface area contributed by atoms with Gasteiger partial charge in [0.2, 0.25) is 0 Å². The fraction of sp³-hybridized carbons (Fsp3) is 0.407. The first-order valence-electron chi connectivity index (χ1n) is 12.1. The summed E-state index contributed by atoms with van der Waals surface area (Å²) in [4.78, 5) is 39.5. The quantitative estimate of drug-likeness (QED) is 0.501. The number of aryl methyl sites for hydroxylation is 2. The number of Topliss-reactive ketones (excluding diaryl/α,β-unsaturated/α-hetero) is 1. The molecule has 1 aliphatic carbocycles. The van der Waals surface area contributed by atoms with E-state index in [0.29, 0.717) is 47.6 Å². The Morgan fingerprint density at radius 3 is 2.61 bits per heavy atom. The number of hydrogen-bond donors (Lipinski definition) is 2. The number of ketones is 1. The smallest absolute Gasteiger partial charge is 0.250 e. The Morgan fingerprint density at radius 1 is 1.17 bits per heavy atom. The van der Waals surface area contributed by atoms with Gasteiger partial charge in [-0.25, -0.2) is 4.68 Å². The monoisotopic (exact) mass is 490 g/mol. The van der Waals surface area contributed by atoms with Crippen LogP contribution in [0.15, 0.2) is 41.3 Å². The fourth-order valence-electron chi connectivity index (χ4n) is 4.83. The van der Waals surface area contributed by atoms with Crippen molar-refractivity contribution in [2.75, 3.05) is 26.0 Å². The first kappa shape index (κ1) is 25.4. The van der Waals surface area contributed by atoms with E-state index in [0.717, 1.165) is 24.3 Å². The number of benzene rings is 1. The zero-order valence-electron chi connectivity index (χ0n) is 21.6. The van der Waals surface area contributed by atoms with E-state index in [2.05, 4.69) is 29.2 Å². The van der Waals surface area contributed by atoms with Gasteiger partial charge in [-0.3, -0.25) is 14.4 Å². The van der Waals surface area contributed by atoms with Crippen molar-refractivity contribution in [1.82, 2.24) is 19.2 Å². The number of aromatic nitrogens is 3. The molecule has 0 bridgehead atoms. The molecule has 0 saturated heterocycles. The van der Waals surface area contributed by atoms with E-state index in [-0.39, 0.29) is 16.8 Å². The van der Waals surface area contributed by atoms with Crippen molar-refractivity contribution >= 4 is 23.1 Å². The van der Waals surface area contributed by atoms with Crippen molar-refractivity contribution < 1.29 is 9.59 Å². The minimum Gasteiger partial charge on any atom is -0.366 e. The van der Waals surface area contributed by atoms with Crippen molar-refractivity contribution in [2.45, 2.75) is 46.6 Å². The molecule has 1 aromatic carbocycles. The van der Waals surface area contributed by atoms with E-state index >= 15 is 0 Å². The predicted octanol–water partition coefficient (Wildman–Crippen LogP) is 3.29. The largest absolute Gasteiger partial charge is 0.366 e. The molecule has 2 heterocycles. The van der Waals surface area contributed by atoms with Gasteiger partial charge in [-0.2, -0.15) is 5.10 Å². The maximum Gasteiger partial charge on any atom is 0.250 e. The molecule has 0 aliphatic heterocycles. The third-order valence-electron chi connectivity index (χ3n) is 6.50. The summed E-state index contributed by atoms with van der Waals surface area (Å²) >= 11 is 0. The van der Waals surface area contributed by atoms with Crippen LogP contribution in [0, 0.1) is 12.3 Å². The summed E-state index contributed by atoms with van der Waals surface area (Å²) in [6.45, 7) is 7.46. The lowest BCUT2D eigenvalue weighted by atomic mass is 9.75. The van der Waals surface area contributed by atoms with E-state index in [1.165, 1.54) is 6.07 Å². The summed E-state index contributed by atoms with van der Waals surface area (Å²) in [7, 11) is 3.99. The number of fused-ring (bicyclic) bond motifs is 1. The Labute approximate surface area is 210 Å². The summed E-state index contributed by atoms with van der Waals surface area (Å²) in [5, 5.41) is 7.94. The predicted molar refractivity (Wildman–Crippen MR) is 140 cm³/mol. The number of anilines is 2. The number of primary amides is 1. The minimum absolute atomic E-state index is 0.0888. The second-order valence-electron chi connectivity index (χ2n) is 10.6. The van der Waals surface area contributed by atoms with Gasteiger partial charge in [0.05, 0.1) is 39.6 Å². The average molecular weight is 491 g/mol. The lowest BCUT2D eigenvalue weighted by Gasteiger charge is -2.29. The molecule has 3 aromatic rings. The van der Waals surface area contributed by atoms with Gasteiger partial charge >= 0.3 is 0 Å². The van der Waals surface area contributed by atoms with Crippen LogP contribution in [0.5, 0.6) is 0 Å². The molecular formula is C27H34N6O3. The zero-order chi connectivity index (χ0) is 26.2. The van der Waals surface area contributed by atoms with Crippen LogP contribution in [0.4, 0.5) is 11.4 Å². The number of carbonyl (C=O) groups is 2. The number of nitrogens with zero attached hydrogens (tertiary/aromatic N) is 4. The van der Waals surface area contributed by atoms with Gasteiger partial charge in [0.15, 0.2) is 5.78 Å². The fourth-order valence-corrected chi connectivity index (χ4v) is 4.83. The zero-order valence-corrected chi connectivity index (χ0v) is 21.6. The van der Waals surface area contributed by atoms with Crippen LogP contribution in [0.25, 0.3) is 5.69 Å². The Bertz CT molecular complexity index is 1380. The van der Waals surface area contributed by atoms with Gasteiger partial charge in [-0.15, -0.1) is 0 Å². The van der Waals surface area contributed by atoms with Gasteiger partial charge in [0.25, 0.3) is 11.5 Å². The highest BCUT2D eigenvalue weighted by Gasteiger charge is 2.35. The number of nitrogens with one attached hydrogen (secondary N) is 1. The Morgan fingerprint density at radius 2 is 1.92 bits per heavy atom. The van der Waals surface area contributed by atoms with Gasteiger partial charge in [0, 0.05) is 25.2 Å². The highest BCUT2D eigenvalue weighted by molar-refractivity contribution is 6.01. The van der Waals surface area contributed by atoms with Crippen LogP contribution >= 0.6 is 0 Å². The van der Waals surface area contributed by atoms with Gasteiger partial charge in [-0.1, -0.05) is 13.8 Å². The Kier molecular flexibility index (Phi) is 6.86. The number of rotatable bonds is 8. The maximum absolute atomic E-state index is 12.8. The van der Waals surface area contributed by atoms with E-state index in [9.17, 15) is 14.4 Å². The van der Waals surface area contributed by atoms with Gasteiger partial charge < -0.3 is 20.5 Å². The van der Waals surface area contributed by atoms with Crippen molar-refractivity contribution in [3.05, 3.63) is 69.4 Å². The molecule has 0 radical (unpaired) electrons. The standard InChI is InChI=1S/C27H34N6O3/c1-17-25-22(14-27(2,3)15-23(25)34)33(30-17)19-8-9-20(26(28)36)21(13-19)29-18-7-10-24(35)32(16-18)12-6-11-31(4)5/h7-10,13,16,29H,6,11-12,14-15H2,1-5H3,(H2,28,36). The van der Waals surface area contributed by atoms with E-state index in [1.54, 1.807) is 39.7 Å². The molecule has 9 heteroatoms. The molecule has 2 aromatic heterocycles. The highest BCUT2D eigenvalue weighted by atomic mass is 16.1. The summed E-state index contributed by atoms with van der Waals surface area (Å²) in [5.41, 5.74) is 9.88. The normalized spacial score (nSPS) is 14.7. The molecule has 36 heavy (non-hydrogen) atoms. The van der Waals surface area contributed by atoms with E-state index in [4.69, 9.17) is 5.73 Å². The van der Waals surface area contributed by atoms with Crippen molar-refractivity contribution in [2.24, 2.45) is 11.1 Å². The van der Waals surface area contributed by atoms with Crippen molar-refractivity contribution in [3.8, 4) is 5.69 Å². The van der Waals surface area contributed by atoms with Crippen molar-refractivity contribution in [3.63, 3.8) is 0 Å². The third kappa shape index (κ3) is 5.26. The van der Waals surface area contributed by atoms with Gasteiger partial charge in [-0.05, 0) is 70.1 Å². The summed E-state index contributed by atoms with van der Waals surface area (Å²) in [6.07, 6.45) is 3.78. The molecular weight excluding hydrogens is 456 g/mol. The minimum atomic E-state index is -0.571. The number of amides is 1. The first-order valence-corrected chi connectivity index (χ1v) is 12.1. The molecule has 0 atom stereocenters. The molecule has 4 rings (SSSR count). The second kappa shape index (κ2) is 9.73. The lowest BCUT2D eigenvalue weighted by molar-refractivity contribution is 0.0909. The van der Waals surface area contributed by atoms with Crippen LogP contribution in [0.2, 0.25) is 0 Å². The molecule has 0 saturated carbocycles. The number of carbonyl (C=O) groups excluding carboxylic acids is 2. The number of hydrogen-bond acceptors (Lipinski definition) is 6. The summed E-state index contributed by atoms with van der Waals surface area (Å²) in [5.74, 6) is -0.466. The van der Waals surface area contributed by atoms with Crippen LogP contribution < -0.4 is 16.6 Å². The third-order valence-corrected chi connectivity index (χ3v) is 6.50. The van der Waals surface area contributed by atoms with E-state index < -0.39 is 5.91 Å². The molecule has 1 amide bonds. The second-order valence-corrected chi connectivity index (χ2v) is 10.6. The molecule has 9 nitrogen and oxygen atoms in total. The van der Waals surface area contributed by atoms with E-state index in [1.807, 2.05) is 21.0 Å². The van der Waals surface area contributed by atoms with Crippen LogP contribution in [0.3, 0.4) is 0 Å². The molecule has 190 valence electrons. The van der Waals surface area contributed by atoms with Crippen LogP contribution in [0.1, 0.15) is 58.8 Å². The molecule has 1 aliphatic rings. The summed E-state index contributed by atoms with van der Waals surface area (Å²) in [6, 6.07) is 8.44. The maximum atomic E-state index is 12.8. The number of nitrogens with two attached hydrogens (primary N) is 1. The Hall–Kier alpha value is -3.72. The summed E-state index contributed by atoms with van der Waals surface area (Å²) < 4.78 is 3.45. The molecule has 3 N–H and O–H groups in total. The van der Waals surface area contributed by atoms with Crippen LogP contribution in [-0.2, 0) is 13.0 Å².